The van der Waals surface area contributed by atoms with Crippen LogP contribution in [-0.2, 0) is 28.6 Å². The van der Waals surface area contributed by atoms with E-state index in [-0.39, 0.29) is 11.8 Å². The van der Waals surface area contributed by atoms with Crippen LogP contribution in [0.1, 0.15) is 41.6 Å². The van der Waals surface area contributed by atoms with E-state index in [2.05, 4.69) is 41.0 Å². The number of nitrogens with zero attached hydrogens (tertiary/aromatic N) is 3. The highest BCUT2D eigenvalue weighted by Gasteiger charge is 2.51. The molecule has 1 aromatic carbocycles. The number of fused-ring (bicyclic) bond motifs is 3. The van der Waals surface area contributed by atoms with Crippen LogP contribution in [0.15, 0.2) is 42.6 Å². The molecule has 1 aliphatic heterocycles. The number of rotatable bonds is 4. The highest BCUT2D eigenvalue weighted by Crippen LogP contribution is 2.50. The van der Waals surface area contributed by atoms with E-state index in [1.165, 1.54) is 10.9 Å². The first-order valence-corrected chi connectivity index (χ1v) is 10.7. The molecule has 0 atom stereocenters. The number of nitrogens with one attached hydrogen (secondary N) is 1. The van der Waals surface area contributed by atoms with Gasteiger partial charge in [0.1, 0.15) is 5.82 Å². The van der Waals surface area contributed by atoms with Gasteiger partial charge in [-0.05, 0) is 49.1 Å². The summed E-state index contributed by atoms with van der Waals surface area (Å²) >= 11 is 0. The molecule has 6 nitrogen and oxygen atoms in total. The van der Waals surface area contributed by atoms with Gasteiger partial charge in [-0.15, -0.1) is 0 Å². The Bertz CT molecular complexity index is 1250. The van der Waals surface area contributed by atoms with Gasteiger partial charge in [0.15, 0.2) is 0 Å². The number of likely N-dealkylation sites (N-methyl/N-ethyl adjacent to an activating group) is 1. The summed E-state index contributed by atoms with van der Waals surface area (Å²) in [4.78, 5) is 31.3. The number of para-hydroxylation sites is 1. The number of carbonyl (C=O) groups excluding carboxylic acids is 2. The number of pyridine rings is 1. The molecule has 1 saturated carbocycles. The fourth-order valence-corrected chi connectivity index (χ4v) is 4.82. The minimum Gasteiger partial charge on any atom is -0.348 e. The molecule has 1 spiro atoms. The van der Waals surface area contributed by atoms with Crippen molar-refractivity contribution in [1.82, 2.24) is 14.5 Å². The zero-order valence-electron chi connectivity index (χ0n) is 18.1. The Balaban J connectivity index is 1.35. The first-order valence-electron chi connectivity index (χ1n) is 10.7. The number of hydrogen-bond acceptors (Lipinski definition) is 3. The highest BCUT2D eigenvalue weighted by atomic mass is 16.2. The molecule has 0 radical (unpaired) electrons. The van der Waals surface area contributed by atoms with E-state index in [0.717, 1.165) is 41.6 Å². The van der Waals surface area contributed by atoms with Crippen LogP contribution in [0, 0.1) is 6.92 Å². The van der Waals surface area contributed by atoms with Gasteiger partial charge in [0, 0.05) is 55.1 Å². The zero-order chi connectivity index (χ0) is 21.8. The second-order valence-corrected chi connectivity index (χ2v) is 8.72. The molecule has 3 heterocycles. The average molecular weight is 415 g/mol. The van der Waals surface area contributed by atoms with Crippen LogP contribution in [0.2, 0.25) is 0 Å². The predicted octanol–water partition coefficient (Wildman–Crippen LogP) is 3.93. The van der Waals surface area contributed by atoms with Crippen molar-refractivity contribution in [3.63, 3.8) is 0 Å². The smallest absolute Gasteiger partial charge is 0.246 e. The molecule has 5 rings (SSSR count). The number of amides is 2. The van der Waals surface area contributed by atoms with Crippen LogP contribution in [0.3, 0.4) is 0 Å². The molecule has 6 heteroatoms. The minimum absolute atomic E-state index is 0.0589. The quantitative estimate of drug-likeness (QED) is 0.658. The van der Waals surface area contributed by atoms with Crippen LogP contribution < -0.4 is 5.32 Å². The molecule has 1 aliphatic carbocycles. The molecule has 1 fully saturated rings. The first-order chi connectivity index (χ1) is 14.9. The predicted molar refractivity (Wildman–Crippen MR) is 122 cm³/mol. The third kappa shape index (κ3) is 2.97. The summed E-state index contributed by atoms with van der Waals surface area (Å²) in [5.41, 5.74) is 4.90. The van der Waals surface area contributed by atoms with Gasteiger partial charge in [-0.25, -0.2) is 4.98 Å². The van der Waals surface area contributed by atoms with E-state index in [1.54, 1.807) is 23.2 Å². The second-order valence-electron chi connectivity index (χ2n) is 8.72. The summed E-state index contributed by atoms with van der Waals surface area (Å²) in [7, 11) is 3.87. The van der Waals surface area contributed by atoms with Gasteiger partial charge in [0.05, 0.1) is 5.41 Å². The second kappa shape index (κ2) is 7.08. The number of aromatic nitrogens is 2. The number of aryl methyl sites for hydroxylation is 1. The molecule has 3 aromatic rings. The van der Waals surface area contributed by atoms with Crippen LogP contribution in [0.4, 0.5) is 5.82 Å². The van der Waals surface area contributed by atoms with E-state index < -0.39 is 5.41 Å². The molecular formula is C25H26N4O2. The van der Waals surface area contributed by atoms with Crippen molar-refractivity contribution in [2.24, 2.45) is 7.05 Å². The Morgan fingerprint density at radius 3 is 2.84 bits per heavy atom. The summed E-state index contributed by atoms with van der Waals surface area (Å²) in [6.45, 7) is 2.63. The number of benzene rings is 1. The molecular weight excluding hydrogens is 388 g/mol. The normalized spacial score (nSPS) is 16.5. The third-order valence-electron chi connectivity index (χ3n) is 7.02. The van der Waals surface area contributed by atoms with Crippen LogP contribution in [0.25, 0.3) is 17.0 Å². The first kappa shape index (κ1) is 19.5. The monoisotopic (exact) mass is 414 g/mol. The lowest BCUT2D eigenvalue weighted by Gasteiger charge is -2.35. The molecule has 0 saturated heterocycles. The summed E-state index contributed by atoms with van der Waals surface area (Å²) in [6.07, 6.45) is 7.87. The summed E-state index contributed by atoms with van der Waals surface area (Å²) in [6, 6.07) is 10.3. The Morgan fingerprint density at radius 1 is 1.32 bits per heavy atom. The largest absolute Gasteiger partial charge is 0.348 e. The van der Waals surface area contributed by atoms with Crippen LogP contribution in [0.5, 0.6) is 0 Å². The van der Waals surface area contributed by atoms with Crippen molar-refractivity contribution >= 4 is 34.6 Å². The van der Waals surface area contributed by atoms with E-state index in [0.29, 0.717) is 12.4 Å². The van der Waals surface area contributed by atoms with Gasteiger partial charge < -0.3 is 14.8 Å². The summed E-state index contributed by atoms with van der Waals surface area (Å²) in [5, 5.41) is 4.08. The number of anilines is 1. The van der Waals surface area contributed by atoms with Crippen LogP contribution in [-0.4, -0.2) is 33.3 Å². The average Bonchev–Trinajstić information content (AvgIpc) is 3.17. The zero-order valence-corrected chi connectivity index (χ0v) is 18.1. The maximum atomic E-state index is 12.8. The molecule has 2 amide bonds. The Morgan fingerprint density at radius 2 is 2.10 bits per heavy atom. The summed E-state index contributed by atoms with van der Waals surface area (Å²) < 4.78 is 2.17. The third-order valence-corrected chi connectivity index (χ3v) is 7.02. The maximum Gasteiger partial charge on any atom is 0.246 e. The van der Waals surface area contributed by atoms with Gasteiger partial charge in [-0.2, -0.15) is 0 Å². The topological polar surface area (TPSA) is 67.2 Å². The van der Waals surface area contributed by atoms with Gasteiger partial charge in [-0.1, -0.05) is 24.6 Å². The standard InChI is InChI=1S/C25H26N4O2/c1-16-19(18-7-4-5-8-21(18)29(16)3)15-28(2)22(30)10-9-17-13-20-23(26-14-17)27-24(31)25(20)11-6-12-25/h4-5,7-10,13-14H,6,11-12,15H2,1-3H3,(H,26,27,31)/b10-9+. The molecule has 0 unspecified atom stereocenters. The van der Waals surface area contributed by atoms with Crippen molar-refractivity contribution in [1.29, 1.82) is 0 Å². The SMILES string of the molecule is Cc1c(CN(C)C(=O)/C=C/c2cnc3c(c2)C2(CCC2)C(=O)N3)c2ccccc2n1C. The number of carbonyl (C=O) groups is 2. The van der Waals surface area contributed by atoms with E-state index >= 15 is 0 Å². The Kier molecular flexibility index (Phi) is 4.46. The van der Waals surface area contributed by atoms with Gasteiger partial charge in [0.25, 0.3) is 0 Å². The number of hydrogen-bond donors (Lipinski definition) is 1. The molecule has 1 N–H and O–H groups in total. The van der Waals surface area contributed by atoms with Crippen molar-refractivity contribution in [3.8, 4) is 0 Å². The lowest BCUT2D eigenvalue weighted by Crippen LogP contribution is -2.40. The van der Waals surface area contributed by atoms with E-state index in [1.807, 2.05) is 25.2 Å². The maximum absolute atomic E-state index is 12.8. The van der Waals surface area contributed by atoms with E-state index in [9.17, 15) is 9.59 Å². The van der Waals surface area contributed by atoms with Crippen LogP contribution >= 0.6 is 0 Å². The molecule has 2 aromatic heterocycles. The van der Waals surface area contributed by atoms with Gasteiger partial charge >= 0.3 is 0 Å². The lowest BCUT2D eigenvalue weighted by molar-refractivity contribution is -0.125. The van der Waals surface area contributed by atoms with Crippen molar-refractivity contribution < 1.29 is 9.59 Å². The molecule has 0 bridgehead atoms. The summed E-state index contributed by atoms with van der Waals surface area (Å²) in [5.74, 6) is 0.653. The lowest BCUT2D eigenvalue weighted by atomic mass is 9.65. The highest BCUT2D eigenvalue weighted by molar-refractivity contribution is 6.06. The van der Waals surface area contributed by atoms with Gasteiger partial charge in [0.2, 0.25) is 11.8 Å². The Hall–Kier alpha value is -3.41. The van der Waals surface area contributed by atoms with Crippen molar-refractivity contribution in [2.75, 3.05) is 12.4 Å². The molecule has 158 valence electrons. The van der Waals surface area contributed by atoms with E-state index in [4.69, 9.17) is 0 Å². The van der Waals surface area contributed by atoms with Crippen molar-refractivity contribution in [3.05, 3.63) is 65.0 Å². The molecule has 2 aliphatic rings. The Labute approximate surface area is 181 Å². The molecule has 31 heavy (non-hydrogen) atoms. The van der Waals surface area contributed by atoms with Gasteiger partial charge in [-0.3, -0.25) is 9.59 Å². The fraction of sp³-hybridized carbons (Fsp3) is 0.320. The fourth-order valence-electron chi connectivity index (χ4n) is 4.82. The van der Waals surface area contributed by atoms with Crippen molar-refractivity contribution in [2.45, 2.75) is 38.1 Å². The minimum atomic E-state index is -0.404.